The molecule has 0 saturated carbocycles. The number of carbonyl (C=O) groups excluding carboxylic acids is 1. The van der Waals surface area contributed by atoms with E-state index in [4.69, 9.17) is 0 Å². The molecular formula is C14H17N5O. The SMILES string of the molecule is CN(Cc1ccncc1)C(=O)C1Cc2nc[nH]c2CN1. The highest BCUT2D eigenvalue weighted by molar-refractivity contribution is 5.82. The zero-order valence-electron chi connectivity index (χ0n) is 11.3. The lowest BCUT2D eigenvalue weighted by Gasteiger charge is -2.27. The molecule has 2 aromatic heterocycles. The Hall–Kier alpha value is -2.21. The molecule has 0 bridgehead atoms. The van der Waals surface area contributed by atoms with Crippen LogP contribution >= 0.6 is 0 Å². The molecule has 6 heteroatoms. The van der Waals surface area contributed by atoms with Gasteiger partial charge in [0.1, 0.15) is 0 Å². The standard InChI is InChI=1S/C14H17N5O/c1-19(8-10-2-4-15-5-3-10)14(20)12-6-11-13(7-16-12)18-9-17-11/h2-5,9,12,16H,6-8H2,1H3,(H,17,18). The highest BCUT2D eigenvalue weighted by Gasteiger charge is 2.27. The van der Waals surface area contributed by atoms with E-state index in [1.807, 2.05) is 19.2 Å². The van der Waals surface area contributed by atoms with E-state index in [2.05, 4.69) is 20.3 Å². The summed E-state index contributed by atoms with van der Waals surface area (Å²) in [6, 6.07) is 3.64. The summed E-state index contributed by atoms with van der Waals surface area (Å²) in [6.45, 7) is 1.25. The summed E-state index contributed by atoms with van der Waals surface area (Å²) < 4.78 is 0. The van der Waals surface area contributed by atoms with Crippen LogP contribution in [0.2, 0.25) is 0 Å². The molecule has 1 atom stereocenters. The Balaban J connectivity index is 1.64. The van der Waals surface area contributed by atoms with Crippen molar-refractivity contribution < 1.29 is 4.79 Å². The van der Waals surface area contributed by atoms with Crippen molar-refractivity contribution in [3.63, 3.8) is 0 Å². The number of aromatic amines is 1. The van der Waals surface area contributed by atoms with E-state index in [1.54, 1.807) is 23.6 Å². The fourth-order valence-electron chi connectivity index (χ4n) is 2.45. The lowest BCUT2D eigenvalue weighted by Crippen LogP contribution is -2.48. The summed E-state index contributed by atoms with van der Waals surface area (Å²) in [6.07, 6.45) is 5.79. The van der Waals surface area contributed by atoms with E-state index in [1.165, 1.54) is 0 Å². The van der Waals surface area contributed by atoms with E-state index in [0.29, 0.717) is 19.5 Å². The number of amides is 1. The van der Waals surface area contributed by atoms with Gasteiger partial charge in [0.15, 0.2) is 0 Å². The summed E-state index contributed by atoms with van der Waals surface area (Å²) >= 11 is 0. The first-order valence-corrected chi connectivity index (χ1v) is 6.62. The molecule has 0 saturated heterocycles. The molecule has 1 aliphatic heterocycles. The number of carbonyl (C=O) groups is 1. The normalized spacial score (nSPS) is 17.6. The zero-order valence-corrected chi connectivity index (χ0v) is 11.3. The number of imidazole rings is 1. The van der Waals surface area contributed by atoms with E-state index in [9.17, 15) is 4.79 Å². The largest absolute Gasteiger partial charge is 0.347 e. The van der Waals surface area contributed by atoms with Gasteiger partial charge in [0.05, 0.1) is 23.8 Å². The Morgan fingerprint density at radius 2 is 2.25 bits per heavy atom. The number of hydrogen-bond donors (Lipinski definition) is 2. The first kappa shape index (κ1) is 12.8. The minimum Gasteiger partial charge on any atom is -0.347 e. The Kier molecular flexibility index (Phi) is 3.47. The molecule has 2 N–H and O–H groups in total. The number of likely N-dealkylation sites (N-methyl/N-ethyl adjacent to an activating group) is 1. The molecular weight excluding hydrogens is 254 g/mol. The second kappa shape index (κ2) is 5.42. The van der Waals surface area contributed by atoms with Crippen molar-refractivity contribution in [3.05, 3.63) is 47.8 Å². The Bertz CT molecular complexity index is 595. The zero-order chi connectivity index (χ0) is 13.9. The highest BCUT2D eigenvalue weighted by atomic mass is 16.2. The second-order valence-electron chi connectivity index (χ2n) is 5.02. The topological polar surface area (TPSA) is 73.9 Å². The third kappa shape index (κ3) is 2.55. The van der Waals surface area contributed by atoms with E-state index in [-0.39, 0.29) is 11.9 Å². The summed E-state index contributed by atoms with van der Waals surface area (Å²) in [7, 11) is 1.82. The van der Waals surface area contributed by atoms with Gasteiger partial charge < -0.3 is 9.88 Å². The van der Waals surface area contributed by atoms with Gasteiger partial charge in [-0.15, -0.1) is 0 Å². The summed E-state index contributed by atoms with van der Waals surface area (Å²) in [5.41, 5.74) is 3.14. The fourth-order valence-corrected chi connectivity index (χ4v) is 2.45. The van der Waals surface area contributed by atoms with Crippen LogP contribution in [0.15, 0.2) is 30.9 Å². The monoisotopic (exact) mass is 271 g/mol. The van der Waals surface area contributed by atoms with Gasteiger partial charge in [-0.05, 0) is 17.7 Å². The first-order chi connectivity index (χ1) is 9.74. The third-order valence-electron chi connectivity index (χ3n) is 3.57. The summed E-state index contributed by atoms with van der Waals surface area (Å²) in [5.74, 6) is 0.0930. The molecule has 1 aliphatic rings. The number of rotatable bonds is 3. The molecule has 6 nitrogen and oxygen atoms in total. The fraction of sp³-hybridized carbons (Fsp3) is 0.357. The second-order valence-corrected chi connectivity index (χ2v) is 5.02. The average Bonchev–Trinajstić information content (AvgIpc) is 2.94. The van der Waals surface area contributed by atoms with Crippen LogP contribution in [0.3, 0.4) is 0 Å². The van der Waals surface area contributed by atoms with Crippen molar-refractivity contribution in [2.75, 3.05) is 7.05 Å². The van der Waals surface area contributed by atoms with Gasteiger partial charge in [-0.25, -0.2) is 4.98 Å². The molecule has 0 aromatic carbocycles. The smallest absolute Gasteiger partial charge is 0.240 e. The number of H-pyrrole nitrogens is 1. The molecule has 1 unspecified atom stereocenters. The van der Waals surface area contributed by atoms with E-state index in [0.717, 1.165) is 17.0 Å². The summed E-state index contributed by atoms with van der Waals surface area (Å²) in [4.78, 5) is 25.5. The van der Waals surface area contributed by atoms with Gasteiger partial charge in [0.2, 0.25) is 5.91 Å². The number of fused-ring (bicyclic) bond motifs is 1. The molecule has 3 heterocycles. The van der Waals surface area contributed by atoms with Crippen LogP contribution < -0.4 is 5.32 Å². The lowest BCUT2D eigenvalue weighted by atomic mass is 10.0. The predicted octanol–water partition coefficient (Wildman–Crippen LogP) is 0.478. The Morgan fingerprint density at radius 3 is 3.05 bits per heavy atom. The molecule has 20 heavy (non-hydrogen) atoms. The maximum absolute atomic E-state index is 12.4. The number of aromatic nitrogens is 3. The molecule has 0 aliphatic carbocycles. The minimum atomic E-state index is -0.197. The first-order valence-electron chi connectivity index (χ1n) is 6.62. The molecule has 1 amide bonds. The lowest BCUT2D eigenvalue weighted by molar-refractivity contribution is -0.132. The Labute approximate surface area is 117 Å². The molecule has 3 rings (SSSR count). The van der Waals surface area contributed by atoms with E-state index >= 15 is 0 Å². The van der Waals surface area contributed by atoms with Crippen molar-refractivity contribution in [1.29, 1.82) is 0 Å². The highest BCUT2D eigenvalue weighted by Crippen LogP contribution is 2.14. The third-order valence-corrected chi connectivity index (χ3v) is 3.57. The van der Waals surface area contributed by atoms with Gasteiger partial charge >= 0.3 is 0 Å². The van der Waals surface area contributed by atoms with Gasteiger partial charge in [-0.1, -0.05) is 0 Å². The van der Waals surface area contributed by atoms with Crippen LogP contribution in [0, 0.1) is 0 Å². The van der Waals surface area contributed by atoms with Crippen LogP contribution in [0.5, 0.6) is 0 Å². The molecule has 0 radical (unpaired) electrons. The Morgan fingerprint density at radius 1 is 1.45 bits per heavy atom. The van der Waals surface area contributed by atoms with Crippen LogP contribution in [-0.4, -0.2) is 38.8 Å². The van der Waals surface area contributed by atoms with Crippen LogP contribution in [0.4, 0.5) is 0 Å². The molecule has 104 valence electrons. The quantitative estimate of drug-likeness (QED) is 0.851. The number of nitrogens with one attached hydrogen (secondary N) is 2. The maximum Gasteiger partial charge on any atom is 0.240 e. The van der Waals surface area contributed by atoms with Gasteiger partial charge in [0.25, 0.3) is 0 Å². The number of hydrogen-bond acceptors (Lipinski definition) is 4. The van der Waals surface area contributed by atoms with Crippen LogP contribution in [-0.2, 0) is 24.3 Å². The molecule has 0 fully saturated rings. The number of pyridine rings is 1. The predicted molar refractivity (Wildman–Crippen MR) is 73.6 cm³/mol. The van der Waals surface area contributed by atoms with Crippen molar-refractivity contribution in [2.24, 2.45) is 0 Å². The van der Waals surface area contributed by atoms with Crippen molar-refractivity contribution in [2.45, 2.75) is 25.6 Å². The maximum atomic E-state index is 12.4. The molecule has 2 aromatic rings. The summed E-state index contributed by atoms with van der Waals surface area (Å²) in [5, 5.41) is 3.25. The van der Waals surface area contributed by atoms with Crippen molar-refractivity contribution >= 4 is 5.91 Å². The van der Waals surface area contributed by atoms with Gasteiger partial charge in [-0.2, -0.15) is 0 Å². The van der Waals surface area contributed by atoms with Crippen LogP contribution in [0.1, 0.15) is 17.0 Å². The van der Waals surface area contributed by atoms with Gasteiger partial charge in [0, 0.05) is 39.0 Å². The van der Waals surface area contributed by atoms with Crippen molar-refractivity contribution in [1.82, 2.24) is 25.2 Å². The number of nitrogens with zero attached hydrogens (tertiary/aromatic N) is 3. The van der Waals surface area contributed by atoms with Crippen molar-refractivity contribution in [3.8, 4) is 0 Å². The van der Waals surface area contributed by atoms with Gasteiger partial charge in [-0.3, -0.25) is 15.1 Å². The minimum absolute atomic E-state index is 0.0930. The average molecular weight is 271 g/mol. The van der Waals surface area contributed by atoms with Crippen LogP contribution in [0.25, 0.3) is 0 Å². The van der Waals surface area contributed by atoms with E-state index < -0.39 is 0 Å². The molecule has 0 spiro atoms.